The van der Waals surface area contributed by atoms with Crippen molar-refractivity contribution in [2.45, 2.75) is 20.0 Å². The molecule has 3 aromatic rings. The summed E-state index contributed by atoms with van der Waals surface area (Å²) >= 11 is 0. The predicted octanol–water partition coefficient (Wildman–Crippen LogP) is 3.83. The summed E-state index contributed by atoms with van der Waals surface area (Å²) in [5, 5.41) is 6.29. The fraction of sp³-hybridized carbons (Fsp3) is 0.182. The molecule has 0 spiro atoms. The number of hydrogen-bond acceptors (Lipinski definition) is 4. The van der Waals surface area contributed by atoms with Crippen molar-refractivity contribution in [2.24, 2.45) is 5.10 Å². The first-order valence-corrected chi connectivity index (χ1v) is 8.83. The summed E-state index contributed by atoms with van der Waals surface area (Å²) in [6.45, 7) is 4.03. The highest BCUT2D eigenvalue weighted by atomic mass is 16.6. The molecule has 0 bridgehead atoms. The lowest BCUT2D eigenvalue weighted by atomic mass is 10.1. The molecule has 0 aromatic heterocycles. The molecule has 1 heterocycles. The largest absolute Gasteiger partial charge is 0.485 e. The number of carbonyl (C=O) groups is 1. The van der Waals surface area contributed by atoms with Crippen molar-refractivity contribution in [1.29, 1.82) is 0 Å². The third-order valence-electron chi connectivity index (χ3n) is 4.57. The maximum absolute atomic E-state index is 12.4. The molecule has 1 amide bonds. The van der Waals surface area contributed by atoms with E-state index in [1.807, 2.05) is 74.5 Å². The van der Waals surface area contributed by atoms with Crippen LogP contribution in [0.3, 0.4) is 0 Å². The summed E-state index contributed by atoms with van der Waals surface area (Å²) in [4.78, 5) is 12.4. The molecule has 1 aliphatic rings. The highest BCUT2D eigenvalue weighted by Gasteiger charge is 2.27. The average molecular weight is 360 g/mol. The van der Waals surface area contributed by atoms with E-state index in [1.165, 1.54) is 5.56 Å². The van der Waals surface area contributed by atoms with Crippen molar-refractivity contribution in [2.75, 3.05) is 6.61 Å². The van der Waals surface area contributed by atoms with Crippen molar-refractivity contribution in [3.05, 3.63) is 71.8 Å². The van der Waals surface area contributed by atoms with Crippen LogP contribution in [0.4, 0.5) is 0 Å². The standard InChI is InChI=1S/C22H20N2O3/c1-14-7-9-16(10-8-14)15(2)23-24-22(25)21-13-26-19-11-17-5-3-4-6-18(17)12-20(19)27-21/h3-12,21H,13H2,1-2H3,(H,24,25)/b23-15-. The Morgan fingerprint density at radius 1 is 1.04 bits per heavy atom. The van der Waals surface area contributed by atoms with Gasteiger partial charge in [-0.1, -0.05) is 54.1 Å². The number of fused-ring (bicyclic) bond motifs is 2. The second kappa shape index (κ2) is 7.11. The minimum Gasteiger partial charge on any atom is -0.485 e. The van der Waals surface area contributed by atoms with Crippen LogP contribution in [0.15, 0.2) is 65.8 Å². The summed E-state index contributed by atoms with van der Waals surface area (Å²) in [6, 6.07) is 19.7. The smallest absolute Gasteiger partial charge is 0.284 e. The van der Waals surface area contributed by atoms with Crippen LogP contribution >= 0.6 is 0 Å². The third-order valence-corrected chi connectivity index (χ3v) is 4.57. The van der Waals surface area contributed by atoms with Crippen LogP contribution in [0.1, 0.15) is 18.1 Å². The molecule has 0 radical (unpaired) electrons. The maximum atomic E-state index is 12.4. The third kappa shape index (κ3) is 3.62. The van der Waals surface area contributed by atoms with Gasteiger partial charge in [0.2, 0.25) is 6.10 Å². The van der Waals surface area contributed by atoms with Crippen molar-refractivity contribution in [1.82, 2.24) is 5.43 Å². The zero-order valence-electron chi connectivity index (χ0n) is 15.2. The normalized spacial score (nSPS) is 16.2. The zero-order chi connectivity index (χ0) is 18.8. The summed E-state index contributed by atoms with van der Waals surface area (Å²) in [5.41, 5.74) is 5.44. The second-order valence-electron chi connectivity index (χ2n) is 6.60. The van der Waals surface area contributed by atoms with Crippen molar-refractivity contribution < 1.29 is 14.3 Å². The molecule has 0 saturated heterocycles. The minimum atomic E-state index is -0.742. The first kappa shape index (κ1) is 17.1. The number of aryl methyl sites for hydroxylation is 1. The molecule has 1 N–H and O–H groups in total. The molecule has 5 heteroatoms. The molecule has 4 rings (SSSR count). The predicted molar refractivity (Wildman–Crippen MR) is 105 cm³/mol. The van der Waals surface area contributed by atoms with Gasteiger partial charge >= 0.3 is 0 Å². The molecule has 0 fully saturated rings. The molecule has 1 atom stereocenters. The summed E-state index contributed by atoms with van der Waals surface area (Å²) in [7, 11) is 0. The molecular weight excluding hydrogens is 340 g/mol. The Morgan fingerprint density at radius 2 is 1.70 bits per heavy atom. The number of carbonyl (C=O) groups excluding carboxylic acids is 1. The fourth-order valence-corrected chi connectivity index (χ4v) is 2.96. The lowest BCUT2D eigenvalue weighted by molar-refractivity contribution is -0.130. The number of hydrazone groups is 1. The van der Waals surface area contributed by atoms with Crippen LogP contribution in [0.5, 0.6) is 11.5 Å². The number of nitrogens with zero attached hydrogens (tertiary/aromatic N) is 1. The minimum absolute atomic E-state index is 0.149. The van der Waals surface area contributed by atoms with Gasteiger partial charge < -0.3 is 9.47 Å². The van der Waals surface area contributed by atoms with Gasteiger partial charge in [-0.2, -0.15) is 5.10 Å². The first-order valence-electron chi connectivity index (χ1n) is 8.83. The first-order chi connectivity index (χ1) is 13.1. The Balaban J connectivity index is 1.46. The Morgan fingerprint density at radius 3 is 2.41 bits per heavy atom. The Hall–Kier alpha value is -3.34. The summed E-state index contributed by atoms with van der Waals surface area (Å²) < 4.78 is 11.6. The van der Waals surface area contributed by atoms with Gasteiger partial charge in [0, 0.05) is 0 Å². The lowest BCUT2D eigenvalue weighted by Gasteiger charge is -2.25. The van der Waals surface area contributed by atoms with Gasteiger partial charge in [-0.15, -0.1) is 0 Å². The second-order valence-corrected chi connectivity index (χ2v) is 6.60. The van der Waals surface area contributed by atoms with Gasteiger partial charge in [0.25, 0.3) is 5.91 Å². The van der Waals surface area contributed by atoms with Gasteiger partial charge in [0.15, 0.2) is 11.5 Å². The van der Waals surface area contributed by atoms with E-state index in [4.69, 9.17) is 9.47 Å². The molecule has 3 aromatic carbocycles. The maximum Gasteiger partial charge on any atom is 0.284 e. The fourth-order valence-electron chi connectivity index (χ4n) is 2.96. The van der Waals surface area contributed by atoms with E-state index in [-0.39, 0.29) is 12.5 Å². The van der Waals surface area contributed by atoms with Crippen LogP contribution in [-0.2, 0) is 4.79 Å². The lowest BCUT2D eigenvalue weighted by Crippen LogP contribution is -2.42. The Kier molecular flexibility index (Phi) is 4.50. The van der Waals surface area contributed by atoms with Crippen LogP contribution < -0.4 is 14.9 Å². The molecule has 0 saturated carbocycles. The SMILES string of the molecule is C/C(=N/NC(=O)C1COc2cc3ccccc3cc2O1)c1ccc(C)cc1. The van der Waals surface area contributed by atoms with E-state index >= 15 is 0 Å². The summed E-state index contributed by atoms with van der Waals surface area (Å²) in [5.74, 6) is 0.886. The van der Waals surface area contributed by atoms with Crippen LogP contribution in [-0.4, -0.2) is 24.3 Å². The van der Waals surface area contributed by atoms with Crippen LogP contribution in [0.25, 0.3) is 10.8 Å². The van der Waals surface area contributed by atoms with Gasteiger partial charge in [-0.3, -0.25) is 4.79 Å². The topological polar surface area (TPSA) is 59.9 Å². The van der Waals surface area contributed by atoms with E-state index in [1.54, 1.807) is 0 Å². The number of amides is 1. The number of rotatable bonds is 3. The van der Waals surface area contributed by atoms with Gasteiger partial charge in [-0.05, 0) is 42.3 Å². The Labute approximate surface area is 157 Å². The average Bonchev–Trinajstić information content (AvgIpc) is 2.70. The number of ether oxygens (including phenoxy) is 2. The molecule has 5 nitrogen and oxygen atoms in total. The van der Waals surface area contributed by atoms with Crippen molar-refractivity contribution >= 4 is 22.4 Å². The molecule has 0 aliphatic carbocycles. The zero-order valence-corrected chi connectivity index (χ0v) is 15.2. The monoisotopic (exact) mass is 360 g/mol. The number of hydrogen-bond donors (Lipinski definition) is 1. The van der Waals surface area contributed by atoms with E-state index in [9.17, 15) is 4.79 Å². The Bertz CT molecular complexity index is 1030. The van der Waals surface area contributed by atoms with Gasteiger partial charge in [0.05, 0.1) is 5.71 Å². The van der Waals surface area contributed by atoms with Gasteiger partial charge in [0.1, 0.15) is 6.61 Å². The van der Waals surface area contributed by atoms with Crippen molar-refractivity contribution in [3.63, 3.8) is 0 Å². The van der Waals surface area contributed by atoms with E-state index in [2.05, 4.69) is 10.5 Å². The molecule has 1 aliphatic heterocycles. The van der Waals surface area contributed by atoms with Crippen molar-refractivity contribution in [3.8, 4) is 11.5 Å². The van der Waals surface area contributed by atoms with Crippen LogP contribution in [0.2, 0.25) is 0 Å². The highest BCUT2D eigenvalue weighted by molar-refractivity contribution is 5.99. The van der Waals surface area contributed by atoms with E-state index < -0.39 is 6.10 Å². The molecular formula is C22H20N2O3. The van der Waals surface area contributed by atoms with E-state index in [0.717, 1.165) is 22.0 Å². The quantitative estimate of drug-likeness (QED) is 0.570. The van der Waals surface area contributed by atoms with Crippen LogP contribution in [0, 0.1) is 6.92 Å². The number of benzene rings is 3. The summed E-state index contributed by atoms with van der Waals surface area (Å²) in [6.07, 6.45) is -0.742. The number of nitrogens with one attached hydrogen (secondary N) is 1. The highest BCUT2D eigenvalue weighted by Crippen LogP contribution is 2.35. The molecule has 136 valence electrons. The molecule has 27 heavy (non-hydrogen) atoms. The van der Waals surface area contributed by atoms with Gasteiger partial charge in [-0.25, -0.2) is 5.43 Å². The van der Waals surface area contributed by atoms with E-state index in [0.29, 0.717) is 11.5 Å². The molecule has 1 unspecified atom stereocenters.